The minimum atomic E-state index is -1.01. The molecule has 97 valence electrons. The Morgan fingerprint density at radius 1 is 1.00 bits per heavy atom. The van der Waals surface area contributed by atoms with Gasteiger partial charge in [0, 0.05) is 13.8 Å². The van der Waals surface area contributed by atoms with E-state index in [1.807, 2.05) is 30.5 Å². The van der Waals surface area contributed by atoms with E-state index in [9.17, 15) is 0 Å². The van der Waals surface area contributed by atoms with Crippen LogP contribution in [0.3, 0.4) is 0 Å². The van der Waals surface area contributed by atoms with Crippen LogP contribution in [0.15, 0.2) is 30.5 Å². The van der Waals surface area contributed by atoms with Gasteiger partial charge in [0.1, 0.15) is 0 Å². The van der Waals surface area contributed by atoms with E-state index < -0.39 is 11.2 Å². The highest BCUT2D eigenvalue weighted by Crippen LogP contribution is 2.19. The van der Waals surface area contributed by atoms with Crippen molar-refractivity contribution in [3.05, 3.63) is 30.5 Å². The van der Waals surface area contributed by atoms with E-state index in [-0.39, 0.29) is 8.41 Å². The molecule has 5 heteroatoms. The van der Waals surface area contributed by atoms with Gasteiger partial charge in [-0.2, -0.15) is 5.10 Å². The molecule has 2 aromatic rings. The molecule has 0 bridgehead atoms. The third kappa shape index (κ3) is 4.51. The van der Waals surface area contributed by atoms with Crippen molar-refractivity contribution >= 4 is 19.3 Å². The van der Waals surface area contributed by atoms with Crippen LogP contribution in [0.5, 0.6) is 0 Å². The lowest BCUT2D eigenvalue weighted by Crippen LogP contribution is -2.44. The van der Waals surface area contributed by atoms with E-state index in [0.29, 0.717) is 0 Å². The van der Waals surface area contributed by atoms with Crippen LogP contribution in [-0.4, -0.2) is 40.0 Å². The lowest BCUT2D eigenvalue weighted by molar-refractivity contribution is -0.107. The largest absolute Gasteiger partial charge is 0.387 e. The van der Waals surface area contributed by atoms with Gasteiger partial charge in [0.15, 0.2) is 0 Å². The summed E-state index contributed by atoms with van der Waals surface area (Å²) >= 11 is 0. The van der Waals surface area contributed by atoms with E-state index in [1.165, 1.54) is 0 Å². The molecule has 4 nitrogen and oxygen atoms in total. The predicted molar refractivity (Wildman–Crippen MR) is 74.4 cm³/mol. The first-order valence-corrected chi connectivity index (χ1v) is 5.55. The summed E-state index contributed by atoms with van der Waals surface area (Å²) in [5.74, 6) is 0. The molecule has 18 heavy (non-hydrogen) atoms. The molecule has 1 heterocycles. The van der Waals surface area contributed by atoms with Crippen LogP contribution in [0.4, 0.5) is 0 Å². The van der Waals surface area contributed by atoms with Crippen molar-refractivity contribution in [2.45, 2.75) is 38.9 Å². The topological polar surface area (TPSA) is 69.1 Å². The molecule has 0 fully saturated rings. The Morgan fingerprint density at radius 2 is 1.50 bits per heavy atom. The number of nitrogens with zero attached hydrogens (tertiary/aromatic N) is 1. The Hall–Kier alpha value is -1.33. The van der Waals surface area contributed by atoms with Crippen molar-refractivity contribution in [3.63, 3.8) is 0 Å². The Balaban J connectivity index is 0.000000308. The highest BCUT2D eigenvalue weighted by molar-refractivity contribution is 5.77. The zero-order valence-electron chi connectivity index (χ0n) is 11.3. The molecule has 3 N–H and O–H groups in total. The summed E-state index contributed by atoms with van der Waals surface area (Å²) in [7, 11) is 0. The van der Waals surface area contributed by atoms with Crippen LogP contribution in [0.1, 0.15) is 27.7 Å². The maximum absolute atomic E-state index is 9.10. The van der Waals surface area contributed by atoms with Gasteiger partial charge in [-0.3, -0.25) is 5.10 Å². The molecule has 0 unspecified atom stereocenters. The minimum absolute atomic E-state index is 0. The van der Waals surface area contributed by atoms with E-state index in [2.05, 4.69) is 10.2 Å². The molecule has 1 aromatic carbocycles. The second-order valence-corrected chi connectivity index (χ2v) is 5.08. The number of benzene rings is 1. The molecule has 0 saturated carbocycles. The lowest BCUT2D eigenvalue weighted by atomic mass is 9.90. The number of nitrogens with one attached hydrogen (secondary N) is 1. The van der Waals surface area contributed by atoms with Crippen LogP contribution in [0.2, 0.25) is 0 Å². The molecule has 3 radical (unpaired) electrons. The zero-order chi connectivity index (χ0) is 13.1. The average molecular weight is 247 g/mol. The first-order valence-electron chi connectivity index (χ1n) is 5.55. The summed E-state index contributed by atoms with van der Waals surface area (Å²) in [5.41, 5.74) is -0.919. The number of aromatic amines is 1. The first-order chi connectivity index (χ1) is 7.72. The summed E-state index contributed by atoms with van der Waals surface area (Å²) in [5, 5.41) is 26.1. The van der Waals surface area contributed by atoms with Gasteiger partial charge in [-0.25, -0.2) is 0 Å². The van der Waals surface area contributed by atoms with Crippen LogP contribution in [0.25, 0.3) is 10.9 Å². The maximum Gasteiger partial charge on any atom is 0.0872 e. The summed E-state index contributed by atoms with van der Waals surface area (Å²) < 4.78 is 0. The van der Waals surface area contributed by atoms with Crippen molar-refractivity contribution in [1.82, 2.24) is 10.2 Å². The van der Waals surface area contributed by atoms with E-state index >= 15 is 0 Å². The molecule has 0 aliphatic rings. The molecular formula is C13H20BN2O2. The fraction of sp³-hybridized carbons (Fsp3) is 0.462. The van der Waals surface area contributed by atoms with Crippen LogP contribution < -0.4 is 0 Å². The van der Waals surface area contributed by atoms with Gasteiger partial charge in [-0.05, 0) is 33.8 Å². The molecule has 0 saturated heterocycles. The number of hydrogen-bond donors (Lipinski definition) is 3. The lowest BCUT2D eigenvalue weighted by Gasteiger charge is -2.31. The summed E-state index contributed by atoms with van der Waals surface area (Å²) in [6.45, 7) is 6.31. The first kappa shape index (κ1) is 16.7. The number of para-hydroxylation sites is 1. The standard InChI is InChI=1S/C7H6N2.C6H14O2.B/c1-2-4-7-6(3-1)5-8-9-7;1-5(2,7)6(3,4)8;/h1-5H,(H,8,9);7-8H,1-4H3;. The molecule has 0 atom stereocenters. The van der Waals surface area contributed by atoms with E-state index in [0.717, 1.165) is 10.9 Å². The molecule has 2 rings (SSSR count). The Bertz CT molecular complexity index is 427. The third-order valence-electron chi connectivity index (χ3n) is 2.85. The van der Waals surface area contributed by atoms with Gasteiger partial charge in [0.05, 0.1) is 22.9 Å². The second kappa shape index (κ2) is 6.02. The Kier molecular flexibility index (Phi) is 5.58. The van der Waals surface area contributed by atoms with Gasteiger partial charge >= 0.3 is 0 Å². The normalized spacial score (nSPS) is 11.4. The average Bonchev–Trinajstić information content (AvgIpc) is 2.62. The predicted octanol–water partition coefficient (Wildman–Crippen LogP) is 1.71. The smallest absolute Gasteiger partial charge is 0.0872 e. The number of aliphatic hydroxyl groups is 2. The molecule has 0 aliphatic heterocycles. The van der Waals surface area contributed by atoms with Crippen molar-refractivity contribution in [2.75, 3.05) is 0 Å². The van der Waals surface area contributed by atoms with Crippen molar-refractivity contribution < 1.29 is 10.2 Å². The zero-order valence-corrected chi connectivity index (χ0v) is 11.3. The van der Waals surface area contributed by atoms with Crippen molar-refractivity contribution in [2.24, 2.45) is 0 Å². The number of aromatic nitrogens is 2. The van der Waals surface area contributed by atoms with Gasteiger partial charge < -0.3 is 10.2 Å². The number of rotatable bonds is 1. The quantitative estimate of drug-likeness (QED) is 0.672. The summed E-state index contributed by atoms with van der Waals surface area (Å²) in [4.78, 5) is 0. The summed E-state index contributed by atoms with van der Waals surface area (Å²) in [6, 6.07) is 8.01. The fourth-order valence-corrected chi connectivity index (χ4v) is 0.883. The van der Waals surface area contributed by atoms with Crippen LogP contribution in [-0.2, 0) is 0 Å². The Labute approximate surface area is 110 Å². The van der Waals surface area contributed by atoms with E-state index in [1.54, 1.807) is 27.7 Å². The van der Waals surface area contributed by atoms with Crippen molar-refractivity contribution in [1.29, 1.82) is 0 Å². The number of hydrogen-bond acceptors (Lipinski definition) is 3. The molecular weight excluding hydrogens is 227 g/mol. The van der Waals surface area contributed by atoms with Crippen molar-refractivity contribution in [3.8, 4) is 0 Å². The molecule has 0 spiro atoms. The van der Waals surface area contributed by atoms with Gasteiger partial charge in [0.25, 0.3) is 0 Å². The Morgan fingerprint density at radius 3 is 1.94 bits per heavy atom. The fourth-order valence-electron chi connectivity index (χ4n) is 0.883. The highest BCUT2D eigenvalue weighted by atomic mass is 16.3. The van der Waals surface area contributed by atoms with E-state index in [4.69, 9.17) is 10.2 Å². The maximum atomic E-state index is 9.10. The third-order valence-corrected chi connectivity index (χ3v) is 2.85. The monoisotopic (exact) mass is 247 g/mol. The second-order valence-electron chi connectivity index (χ2n) is 5.08. The summed E-state index contributed by atoms with van der Waals surface area (Å²) in [6.07, 6.45) is 1.81. The minimum Gasteiger partial charge on any atom is -0.387 e. The van der Waals surface area contributed by atoms with Crippen LogP contribution >= 0.6 is 0 Å². The SMILES string of the molecule is CC(C)(O)C(C)(C)O.[B].c1ccc2[nH]ncc2c1. The van der Waals surface area contributed by atoms with Gasteiger partial charge in [-0.15, -0.1) is 0 Å². The molecule has 0 aliphatic carbocycles. The number of fused-ring (bicyclic) bond motifs is 1. The van der Waals surface area contributed by atoms with Crippen LogP contribution in [0, 0.1) is 0 Å². The number of H-pyrrole nitrogens is 1. The van der Waals surface area contributed by atoms with Gasteiger partial charge in [-0.1, -0.05) is 18.2 Å². The molecule has 1 aromatic heterocycles. The highest BCUT2D eigenvalue weighted by Gasteiger charge is 2.31. The van der Waals surface area contributed by atoms with Gasteiger partial charge in [0.2, 0.25) is 0 Å². The molecule has 0 amide bonds.